The molecule has 1 rings (SSSR count). The second-order valence-corrected chi connectivity index (χ2v) is 4.69. The van der Waals surface area contributed by atoms with Crippen molar-refractivity contribution in [2.75, 3.05) is 13.2 Å². The molecule has 0 atom stereocenters. The molecular weight excluding hydrogens is 234 g/mol. The Bertz CT molecular complexity index is 377. The summed E-state index contributed by atoms with van der Waals surface area (Å²) in [4.78, 5) is 0. The van der Waals surface area contributed by atoms with Gasteiger partial charge in [-0.15, -0.1) is 0 Å². The van der Waals surface area contributed by atoms with Crippen LogP contribution in [0, 0.1) is 13.8 Å². The van der Waals surface area contributed by atoms with Gasteiger partial charge in [-0.3, -0.25) is 0 Å². The van der Waals surface area contributed by atoms with Crippen LogP contribution in [-0.2, 0) is 6.42 Å². The fourth-order valence-corrected chi connectivity index (χ4v) is 2.29. The lowest BCUT2D eigenvalue weighted by Crippen LogP contribution is -2.04. The van der Waals surface area contributed by atoms with Gasteiger partial charge in [-0.1, -0.05) is 11.6 Å². The molecule has 0 amide bonds. The highest BCUT2D eigenvalue weighted by atomic mass is 35.5. The topological polar surface area (TPSA) is 35.2 Å². The van der Waals surface area contributed by atoms with E-state index in [4.69, 9.17) is 22.1 Å². The molecule has 96 valence electrons. The van der Waals surface area contributed by atoms with Crippen molar-refractivity contribution in [3.63, 3.8) is 0 Å². The summed E-state index contributed by atoms with van der Waals surface area (Å²) in [6, 6.07) is 1.98. The average Bonchev–Trinajstić information content (AvgIpc) is 2.30. The van der Waals surface area contributed by atoms with Gasteiger partial charge in [0.1, 0.15) is 5.75 Å². The molecule has 1 aromatic rings. The molecule has 0 fully saturated rings. The monoisotopic (exact) mass is 255 g/mol. The second kappa shape index (κ2) is 6.87. The number of halogens is 1. The van der Waals surface area contributed by atoms with E-state index in [1.165, 1.54) is 5.56 Å². The van der Waals surface area contributed by atoms with Crippen LogP contribution in [-0.4, -0.2) is 13.2 Å². The van der Waals surface area contributed by atoms with E-state index in [9.17, 15) is 0 Å². The lowest BCUT2D eigenvalue weighted by atomic mass is 9.98. The van der Waals surface area contributed by atoms with Crippen LogP contribution >= 0.6 is 11.6 Å². The molecule has 0 spiro atoms. The summed E-state index contributed by atoms with van der Waals surface area (Å²) in [6.45, 7) is 7.53. The quantitative estimate of drug-likeness (QED) is 0.788. The summed E-state index contributed by atoms with van der Waals surface area (Å²) in [5.74, 6) is 1.01. The number of aryl methyl sites for hydroxylation is 1. The van der Waals surface area contributed by atoms with Crippen molar-refractivity contribution in [2.24, 2.45) is 5.73 Å². The zero-order valence-electron chi connectivity index (χ0n) is 11.0. The smallest absolute Gasteiger partial charge is 0.125 e. The number of hydrogen-bond acceptors (Lipinski definition) is 2. The molecule has 0 bridgehead atoms. The molecule has 0 aromatic heterocycles. The zero-order valence-corrected chi connectivity index (χ0v) is 11.7. The van der Waals surface area contributed by atoms with Gasteiger partial charge in [-0.2, -0.15) is 0 Å². The molecule has 2 nitrogen and oxygen atoms in total. The maximum Gasteiger partial charge on any atom is 0.125 e. The van der Waals surface area contributed by atoms with Crippen LogP contribution in [0.2, 0.25) is 5.02 Å². The minimum absolute atomic E-state index is 0.686. The van der Waals surface area contributed by atoms with E-state index >= 15 is 0 Å². The van der Waals surface area contributed by atoms with E-state index < -0.39 is 0 Å². The minimum atomic E-state index is 0.686. The fourth-order valence-electron chi connectivity index (χ4n) is 2.01. The molecule has 0 saturated heterocycles. The number of benzene rings is 1. The van der Waals surface area contributed by atoms with E-state index in [1.54, 1.807) is 0 Å². The lowest BCUT2D eigenvalue weighted by Gasteiger charge is -2.17. The predicted molar refractivity (Wildman–Crippen MR) is 74.1 cm³/mol. The number of nitrogens with two attached hydrogens (primary N) is 1. The van der Waals surface area contributed by atoms with Crippen LogP contribution in [0.5, 0.6) is 5.75 Å². The van der Waals surface area contributed by atoms with Crippen LogP contribution < -0.4 is 10.5 Å². The SMILES string of the molecule is CCOc1c(C)cc(Cl)c(C)c1CCCCN. The normalized spacial score (nSPS) is 10.6. The van der Waals surface area contributed by atoms with E-state index in [2.05, 4.69) is 6.92 Å². The third kappa shape index (κ3) is 3.62. The largest absolute Gasteiger partial charge is 0.493 e. The van der Waals surface area contributed by atoms with Crippen molar-refractivity contribution in [1.29, 1.82) is 0 Å². The Kier molecular flexibility index (Phi) is 5.79. The standard InChI is InChI=1S/C14H22ClNO/c1-4-17-14-10(2)9-13(15)11(3)12(14)7-5-6-8-16/h9H,4-8,16H2,1-3H3. The Morgan fingerprint density at radius 2 is 2.00 bits per heavy atom. The van der Waals surface area contributed by atoms with Crippen LogP contribution in [0.15, 0.2) is 6.07 Å². The van der Waals surface area contributed by atoms with Gasteiger partial charge in [0.25, 0.3) is 0 Å². The molecule has 3 heteroatoms. The average molecular weight is 256 g/mol. The maximum absolute atomic E-state index is 6.22. The summed E-state index contributed by atoms with van der Waals surface area (Å²) < 4.78 is 5.74. The first-order chi connectivity index (χ1) is 8.11. The molecule has 0 saturated carbocycles. The van der Waals surface area contributed by atoms with Gasteiger partial charge < -0.3 is 10.5 Å². The van der Waals surface area contributed by atoms with Gasteiger partial charge in [0.05, 0.1) is 6.61 Å². The lowest BCUT2D eigenvalue weighted by molar-refractivity contribution is 0.333. The first-order valence-corrected chi connectivity index (χ1v) is 6.61. The molecule has 0 unspecified atom stereocenters. The van der Waals surface area contributed by atoms with Crippen LogP contribution in [0.3, 0.4) is 0 Å². The first-order valence-electron chi connectivity index (χ1n) is 6.23. The van der Waals surface area contributed by atoms with Gasteiger partial charge in [0, 0.05) is 5.02 Å². The van der Waals surface area contributed by atoms with Crippen molar-refractivity contribution in [2.45, 2.75) is 40.0 Å². The van der Waals surface area contributed by atoms with Crippen molar-refractivity contribution >= 4 is 11.6 Å². The molecule has 1 aromatic carbocycles. The predicted octanol–water partition coefficient (Wildman–Crippen LogP) is 3.64. The van der Waals surface area contributed by atoms with E-state index in [-0.39, 0.29) is 0 Å². The van der Waals surface area contributed by atoms with Crippen LogP contribution in [0.25, 0.3) is 0 Å². The molecule has 0 aliphatic carbocycles. The highest BCUT2D eigenvalue weighted by Gasteiger charge is 2.13. The Balaban J connectivity index is 3.03. The van der Waals surface area contributed by atoms with Crippen molar-refractivity contribution in [3.05, 3.63) is 27.8 Å². The molecule has 0 radical (unpaired) electrons. The number of unbranched alkanes of at least 4 members (excludes halogenated alkanes) is 1. The Labute approximate surface area is 109 Å². The molecule has 0 aliphatic rings. The van der Waals surface area contributed by atoms with Gasteiger partial charge >= 0.3 is 0 Å². The molecular formula is C14H22ClNO. The first kappa shape index (κ1) is 14.3. The third-order valence-electron chi connectivity index (χ3n) is 2.96. The van der Waals surface area contributed by atoms with Gasteiger partial charge in [-0.05, 0) is 69.3 Å². The van der Waals surface area contributed by atoms with E-state index in [0.29, 0.717) is 6.61 Å². The van der Waals surface area contributed by atoms with E-state index in [1.807, 2.05) is 19.9 Å². The summed E-state index contributed by atoms with van der Waals surface area (Å²) in [6.07, 6.45) is 3.10. The Hall–Kier alpha value is -0.730. The zero-order chi connectivity index (χ0) is 12.8. The minimum Gasteiger partial charge on any atom is -0.493 e. The fraction of sp³-hybridized carbons (Fsp3) is 0.571. The highest BCUT2D eigenvalue weighted by Crippen LogP contribution is 2.33. The Morgan fingerprint density at radius 1 is 1.29 bits per heavy atom. The van der Waals surface area contributed by atoms with Gasteiger partial charge in [0.15, 0.2) is 0 Å². The maximum atomic E-state index is 6.22. The second-order valence-electron chi connectivity index (χ2n) is 4.29. The van der Waals surface area contributed by atoms with E-state index in [0.717, 1.165) is 47.7 Å². The molecule has 17 heavy (non-hydrogen) atoms. The number of hydrogen-bond donors (Lipinski definition) is 1. The molecule has 2 N–H and O–H groups in total. The van der Waals surface area contributed by atoms with Crippen molar-refractivity contribution in [1.82, 2.24) is 0 Å². The van der Waals surface area contributed by atoms with Crippen molar-refractivity contribution < 1.29 is 4.74 Å². The van der Waals surface area contributed by atoms with Crippen LogP contribution in [0.1, 0.15) is 36.5 Å². The van der Waals surface area contributed by atoms with Gasteiger partial charge in [-0.25, -0.2) is 0 Å². The Morgan fingerprint density at radius 3 is 2.59 bits per heavy atom. The third-order valence-corrected chi connectivity index (χ3v) is 3.35. The molecule has 0 heterocycles. The van der Waals surface area contributed by atoms with Gasteiger partial charge in [0.2, 0.25) is 0 Å². The summed E-state index contributed by atoms with van der Waals surface area (Å²) in [5, 5.41) is 0.828. The molecule has 0 aliphatic heterocycles. The summed E-state index contributed by atoms with van der Waals surface area (Å²) in [5.41, 5.74) is 9.02. The number of ether oxygens (including phenoxy) is 1. The summed E-state index contributed by atoms with van der Waals surface area (Å²) >= 11 is 6.22. The highest BCUT2D eigenvalue weighted by molar-refractivity contribution is 6.31. The van der Waals surface area contributed by atoms with Crippen molar-refractivity contribution in [3.8, 4) is 5.75 Å². The van der Waals surface area contributed by atoms with Crippen LogP contribution in [0.4, 0.5) is 0 Å². The summed E-state index contributed by atoms with van der Waals surface area (Å²) in [7, 11) is 0. The number of rotatable bonds is 6.